The predicted octanol–water partition coefficient (Wildman–Crippen LogP) is 2.06. The smallest absolute Gasteiger partial charge is 0.248 e. The molecule has 0 aromatic heterocycles. The van der Waals surface area contributed by atoms with Gasteiger partial charge >= 0.3 is 0 Å². The number of carbonyl (C=O) groups is 2. The highest BCUT2D eigenvalue weighted by Crippen LogP contribution is 2.50. The highest BCUT2D eigenvalue weighted by molar-refractivity contribution is 6.49. The SMILES string of the molecule is O=C(CO)N1CCC2(C1)C(=O)Nc1c2cc(Cl)c(Cl)c1Cl. The molecule has 21 heavy (non-hydrogen) atoms. The number of aliphatic hydroxyl groups excluding tert-OH is 1. The van der Waals surface area contributed by atoms with Crippen LogP contribution in [0, 0.1) is 0 Å². The lowest BCUT2D eigenvalue weighted by Crippen LogP contribution is -2.40. The molecule has 2 heterocycles. The molecule has 1 atom stereocenters. The number of aliphatic hydroxyl groups is 1. The second-order valence-electron chi connectivity index (χ2n) is 5.17. The summed E-state index contributed by atoms with van der Waals surface area (Å²) in [6.07, 6.45) is 0.450. The van der Waals surface area contributed by atoms with Gasteiger partial charge in [0.05, 0.1) is 26.2 Å². The quantitative estimate of drug-likeness (QED) is 0.763. The number of halogens is 3. The fraction of sp³-hybridized carbons (Fsp3) is 0.385. The average molecular weight is 350 g/mol. The Morgan fingerprint density at radius 1 is 1.38 bits per heavy atom. The lowest BCUT2D eigenvalue weighted by atomic mass is 9.81. The first-order valence-electron chi connectivity index (χ1n) is 6.29. The first kappa shape index (κ1) is 14.9. The Morgan fingerprint density at radius 2 is 2.10 bits per heavy atom. The standard InChI is InChI=1S/C13H11Cl3N2O3/c14-7-3-6-11(10(16)9(7)15)17-12(21)13(6)1-2-18(5-13)8(20)4-19/h3,19H,1-2,4-5H2,(H,17,21). The zero-order valence-corrected chi connectivity index (χ0v) is 13.0. The molecule has 1 fully saturated rings. The van der Waals surface area contributed by atoms with Crippen molar-refractivity contribution < 1.29 is 14.7 Å². The van der Waals surface area contributed by atoms with E-state index in [1.807, 2.05) is 0 Å². The molecule has 8 heteroatoms. The van der Waals surface area contributed by atoms with Crippen molar-refractivity contribution in [3.05, 3.63) is 26.7 Å². The molecule has 3 rings (SSSR count). The molecule has 5 nitrogen and oxygen atoms in total. The Bertz CT molecular complexity index is 665. The monoisotopic (exact) mass is 348 g/mol. The zero-order valence-electron chi connectivity index (χ0n) is 10.8. The Balaban J connectivity index is 2.08. The largest absolute Gasteiger partial charge is 0.387 e. The van der Waals surface area contributed by atoms with Crippen LogP contribution in [0.25, 0.3) is 0 Å². The van der Waals surface area contributed by atoms with Crippen LogP contribution in [0.2, 0.25) is 15.1 Å². The molecule has 2 amide bonds. The van der Waals surface area contributed by atoms with Gasteiger partial charge in [0.25, 0.3) is 0 Å². The van der Waals surface area contributed by atoms with Crippen molar-refractivity contribution in [2.45, 2.75) is 11.8 Å². The van der Waals surface area contributed by atoms with Gasteiger partial charge in [0.1, 0.15) is 6.61 Å². The number of nitrogens with one attached hydrogen (secondary N) is 1. The number of benzene rings is 1. The molecule has 0 saturated carbocycles. The molecule has 2 aliphatic heterocycles. The molecule has 1 aromatic carbocycles. The first-order valence-corrected chi connectivity index (χ1v) is 7.42. The highest BCUT2D eigenvalue weighted by atomic mass is 35.5. The third-order valence-electron chi connectivity index (χ3n) is 4.11. The summed E-state index contributed by atoms with van der Waals surface area (Å²) in [5, 5.41) is 12.4. The number of hydrogen-bond acceptors (Lipinski definition) is 3. The van der Waals surface area contributed by atoms with Crippen LogP contribution in [-0.2, 0) is 15.0 Å². The third kappa shape index (κ3) is 2.03. The highest BCUT2D eigenvalue weighted by Gasteiger charge is 2.53. The molecule has 1 aromatic rings. The lowest BCUT2D eigenvalue weighted by molar-refractivity contribution is -0.133. The second-order valence-corrected chi connectivity index (χ2v) is 6.33. The maximum absolute atomic E-state index is 12.4. The van der Waals surface area contributed by atoms with E-state index in [0.717, 1.165) is 0 Å². The zero-order chi connectivity index (χ0) is 15.4. The third-order valence-corrected chi connectivity index (χ3v) is 5.37. The summed E-state index contributed by atoms with van der Waals surface area (Å²) in [5.41, 5.74) is 0.229. The van der Waals surface area contributed by atoms with Crippen LogP contribution in [0.15, 0.2) is 6.07 Å². The van der Waals surface area contributed by atoms with Crippen LogP contribution >= 0.6 is 34.8 Å². The van der Waals surface area contributed by atoms with Crippen LogP contribution in [-0.4, -0.2) is 41.5 Å². The first-order chi connectivity index (χ1) is 9.90. The molecule has 2 N–H and O–H groups in total. The molecular weight excluding hydrogens is 339 g/mol. The van der Waals surface area contributed by atoms with Crippen LogP contribution in [0.4, 0.5) is 5.69 Å². The van der Waals surface area contributed by atoms with Gasteiger partial charge in [0, 0.05) is 13.1 Å². The minimum Gasteiger partial charge on any atom is -0.387 e. The van der Waals surface area contributed by atoms with Crippen molar-refractivity contribution in [2.24, 2.45) is 0 Å². The van der Waals surface area contributed by atoms with Crippen LogP contribution in [0.3, 0.4) is 0 Å². The molecule has 1 unspecified atom stereocenters. The predicted molar refractivity (Wildman–Crippen MR) is 80.1 cm³/mol. The van der Waals surface area contributed by atoms with Gasteiger partial charge in [-0.2, -0.15) is 0 Å². The van der Waals surface area contributed by atoms with Crippen LogP contribution < -0.4 is 5.32 Å². The Morgan fingerprint density at radius 3 is 2.76 bits per heavy atom. The van der Waals surface area contributed by atoms with E-state index in [4.69, 9.17) is 39.9 Å². The topological polar surface area (TPSA) is 69.6 Å². The molecule has 0 radical (unpaired) electrons. The van der Waals surface area contributed by atoms with Gasteiger partial charge in [-0.1, -0.05) is 34.8 Å². The van der Waals surface area contributed by atoms with Crippen LogP contribution in [0.1, 0.15) is 12.0 Å². The molecule has 0 aliphatic carbocycles. The normalized spacial score (nSPS) is 23.6. The summed E-state index contributed by atoms with van der Waals surface area (Å²) in [6, 6.07) is 1.62. The summed E-state index contributed by atoms with van der Waals surface area (Å²) in [4.78, 5) is 25.5. The minimum absolute atomic E-state index is 0.190. The van der Waals surface area contributed by atoms with E-state index in [9.17, 15) is 9.59 Å². The van der Waals surface area contributed by atoms with Gasteiger partial charge in [-0.3, -0.25) is 9.59 Å². The molecular formula is C13H11Cl3N2O3. The number of likely N-dealkylation sites (tertiary alicyclic amines) is 1. The number of rotatable bonds is 1. The van der Waals surface area contributed by atoms with Crippen molar-refractivity contribution in [3.8, 4) is 0 Å². The van der Waals surface area contributed by atoms with Crippen LogP contribution in [0.5, 0.6) is 0 Å². The molecule has 1 spiro atoms. The Kier molecular flexibility index (Phi) is 3.56. The van der Waals surface area contributed by atoms with E-state index in [1.54, 1.807) is 6.07 Å². The molecule has 0 bridgehead atoms. The number of amides is 2. The number of hydrogen-bond donors (Lipinski definition) is 2. The van der Waals surface area contributed by atoms with E-state index in [-0.39, 0.29) is 27.5 Å². The van der Waals surface area contributed by atoms with Gasteiger partial charge in [-0.25, -0.2) is 0 Å². The summed E-state index contributed by atoms with van der Waals surface area (Å²) in [6.45, 7) is 0.0102. The maximum atomic E-state index is 12.4. The average Bonchev–Trinajstić information content (AvgIpc) is 3.02. The van der Waals surface area contributed by atoms with Gasteiger partial charge in [-0.15, -0.1) is 0 Å². The summed E-state index contributed by atoms with van der Waals surface area (Å²) in [7, 11) is 0. The van der Waals surface area contributed by atoms with Crippen molar-refractivity contribution in [1.82, 2.24) is 4.90 Å². The summed E-state index contributed by atoms with van der Waals surface area (Å²) in [5.74, 6) is -0.634. The van der Waals surface area contributed by atoms with Crippen molar-refractivity contribution in [3.63, 3.8) is 0 Å². The van der Waals surface area contributed by atoms with Crippen molar-refractivity contribution >= 4 is 52.3 Å². The number of anilines is 1. The van der Waals surface area contributed by atoms with Crippen molar-refractivity contribution in [1.29, 1.82) is 0 Å². The lowest BCUT2D eigenvalue weighted by Gasteiger charge is -2.22. The van der Waals surface area contributed by atoms with Gasteiger partial charge in [0.2, 0.25) is 11.8 Å². The second kappa shape index (κ2) is 5.02. The van der Waals surface area contributed by atoms with E-state index >= 15 is 0 Å². The molecule has 112 valence electrons. The number of carbonyl (C=O) groups excluding carboxylic acids is 2. The van der Waals surface area contributed by atoms with E-state index in [0.29, 0.717) is 24.2 Å². The summed E-state index contributed by atoms with van der Waals surface area (Å²) >= 11 is 18.2. The Labute approximate surface area is 135 Å². The fourth-order valence-electron chi connectivity index (χ4n) is 2.98. The van der Waals surface area contributed by atoms with E-state index in [2.05, 4.69) is 5.32 Å². The van der Waals surface area contributed by atoms with Gasteiger partial charge in [0.15, 0.2) is 0 Å². The summed E-state index contributed by atoms with van der Waals surface area (Å²) < 4.78 is 0. The Hall–Kier alpha value is -1.01. The molecule has 2 aliphatic rings. The van der Waals surface area contributed by atoms with Gasteiger partial charge in [-0.05, 0) is 18.1 Å². The number of fused-ring (bicyclic) bond motifs is 2. The fourth-order valence-corrected chi connectivity index (χ4v) is 3.63. The number of nitrogens with zero attached hydrogens (tertiary/aromatic N) is 1. The van der Waals surface area contributed by atoms with E-state index in [1.165, 1.54) is 4.90 Å². The molecule has 1 saturated heterocycles. The van der Waals surface area contributed by atoms with E-state index < -0.39 is 17.9 Å². The van der Waals surface area contributed by atoms with Crippen molar-refractivity contribution in [2.75, 3.05) is 25.0 Å². The minimum atomic E-state index is -0.877. The maximum Gasteiger partial charge on any atom is 0.248 e. The van der Waals surface area contributed by atoms with Gasteiger partial charge < -0.3 is 15.3 Å².